The number of aliphatic imine (C=N–C) groups is 1. The van der Waals surface area contributed by atoms with Crippen molar-refractivity contribution in [1.29, 1.82) is 0 Å². The van der Waals surface area contributed by atoms with Crippen molar-refractivity contribution in [1.82, 2.24) is 5.32 Å². The van der Waals surface area contributed by atoms with Crippen LogP contribution in [0.25, 0.3) is 0 Å². The molecular formula is C15H20N2S. The Hall–Kier alpha value is -0.960. The highest BCUT2D eigenvalue weighted by molar-refractivity contribution is 8.13. The van der Waals surface area contributed by atoms with Gasteiger partial charge in [0.05, 0.1) is 0 Å². The van der Waals surface area contributed by atoms with Crippen LogP contribution in [0.3, 0.4) is 0 Å². The summed E-state index contributed by atoms with van der Waals surface area (Å²) < 4.78 is 0. The van der Waals surface area contributed by atoms with Crippen molar-refractivity contribution in [3.05, 3.63) is 35.4 Å². The van der Waals surface area contributed by atoms with Crippen molar-refractivity contribution >= 4 is 16.9 Å². The zero-order chi connectivity index (χ0) is 12.5. The van der Waals surface area contributed by atoms with Crippen LogP contribution >= 0.6 is 11.8 Å². The molecule has 0 aromatic heterocycles. The van der Waals surface area contributed by atoms with Gasteiger partial charge in [0.1, 0.15) is 0 Å². The van der Waals surface area contributed by atoms with E-state index in [1.165, 1.54) is 23.3 Å². The van der Waals surface area contributed by atoms with Crippen molar-refractivity contribution in [3.8, 4) is 0 Å². The van der Waals surface area contributed by atoms with Gasteiger partial charge in [-0.15, -0.1) is 0 Å². The minimum Gasteiger partial charge on any atom is -0.362 e. The summed E-state index contributed by atoms with van der Waals surface area (Å²) in [6.07, 6.45) is 1.20. The second-order valence-electron chi connectivity index (χ2n) is 5.47. The molecule has 96 valence electrons. The molecule has 1 fully saturated rings. The summed E-state index contributed by atoms with van der Waals surface area (Å²) in [4.78, 5) is 4.76. The average Bonchev–Trinajstić information content (AvgIpc) is 2.35. The van der Waals surface area contributed by atoms with Crippen LogP contribution in [0.5, 0.6) is 0 Å². The highest BCUT2D eigenvalue weighted by atomic mass is 32.2. The smallest absolute Gasteiger partial charge is 0.156 e. The third-order valence-corrected chi connectivity index (χ3v) is 5.32. The van der Waals surface area contributed by atoms with Crippen LogP contribution in [0.2, 0.25) is 0 Å². The van der Waals surface area contributed by atoms with Crippen LogP contribution in [0, 0.1) is 5.92 Å². The molecule has 3 rings (SSSR count). The van der Waals surface area contributed by atoms with Crippen LogP contribution in [0.4, 0.5) is 0 Å². The minimum atomic E-state index is 0.554. The minimum absolute atomic E-state index is 0.554. The van der Waals surface area contributed by atoms with Crippen LogP contribution in [0.1, 0.15) is 30.9 Å². The molecule has 0 saturated carbocycles. The van der Waals surface area contributed by atoms with E-state index >= 15 is 0 Å². The van der Waals surface area contributed by atoms with Crippen LogP contribution < -0.4 is 5.32 Å². The molecule has 0 amide bonds. The fraction of sp³-hybridized carbons (Fsp3) is 0.533. The Labute approximate surface area is 113 Å². The molecule has 1 heterocycles. The van der Waals surface area contributed by atoms with E-state index in [9.17, 15) is 0 Å². The summed E-state index contributed by atoms with van der Waals surface area (Å²) in [5.41, 5.74) is 3.01. The summed E-state index contributed by atoms with van der Waals surface area (Å²) >= 11 is 1.87. The molecule has 0 bridgehead atoms. The molecule has 2 aliphatic rings. The average molecular weight is 260 g/mol. The maximum absolute atomic E-state index is 4.76. The number of fused-ring (bicyclic) bond motifs is 1. The Morgan fingerprint density at radius 1 is 1.33 bits per heavy atom. The highest BCUT2D eigenvalue weighted by Crippen LogP contribution is 2.35. The largest absolute Gasteiger partial charge is 0.362 e. The van der Waals surface area contributed by atoms with Gasteiger partial charge in [0, 0.05) is 24.3 Å². The van der Waals surface area contributed by atoms with Gasteiger partial charge in [-0.25, -0.2) is 0 Å². The first-order valence-electron chi connectivity index (χ1n) is 6.75. The van der Waals surface area contributed by atoms with E-state index in [4.69, 9.17) is 4.99 Å². The lowest BCUT2D eigenvalue weighted by atomic mass is 9.78. The predicted octanol–water partition coefficient (Wildman–Crippen LogP) is 3.04. The van der Waals surface area contributed by atoms with E-state index in [0.717, 1.165) is 17.6 Å². The van der Waals surface area contributed by atoms with Gasteiger partial charge >= 0.3 is 0 Å². The van der Waals surface area contributed by atoms with Gasteiger partial charge < -0.3 is 5.32 Å². The Balaban J connectivity index is 1.60. The van der Waals surface area contributed by atoms with Crippen LogP contribution in [-0.4, -0.2) is 23.5 Å². The normalized spacial score (nSPS) is 32.6. The molecule has 1 aromatic carbocycles. The molecule has 3 heteroatoms. The summed E-state index contributed by atoms with van der Waals surface area (Å²) in [6, 6.07) is 9.29. The second kappa shape index (κ2) is 4.96. The molecule has 1 aliphatic carbocycles. The zero-order valence-corrected chi connectivity index (χ0v) is 11.8. The fourth-order valence-electron chi connectivity index (χ4n) is 2.54. The summed E-state index contributed by atoms with van der Waals surface area (Å²) in [7, 11) is 0. The van der Waals surface area contributed by atoms with Gasteiger partial charge in [0.25, 0.3) is 0 Å². The van der Waals surface area contributed by atoms with Gasteiger partial charge in [-0.05, 0) is 30.4 Å². The maximum Gasteiger partial charge on any atom is 0.156 e. The maximum atomic E-state index is 4.76. The Morgan fingerprint density at radius 2 is 2.17 bits per heavy atom. The van der Waals surface area contributed by atoms with E-state index in [1.807, 2.05) is 11.8 Å². The number of amidine groups is 1. The first-order valence-corrected chi connectivity index (χ1v) is 7.74. The predicted molar refractivity (Wildman–Crippen MR) is 79.4 cm³/mol. The fourth-order valence-corrected chi connectivity index (χ4v) is 3.69. The van der Waals surface area contributed by atoms with Crippen molar-refractivity contribution < 1.29 is 0 Å². The SMILES string of the molecule is CC1CSC(=NCC2Cc3ccccc32)NC1C. The van der Waals surface area contributed by atoms with E-state index in [1.54, 1.807) is 0 Å². The van der Waals surface area contributed by atoms with Gasteiger partial charge in [-0.3, -0.25) is 4.99 Å². The molecule has 0 spiro atoms. The third kappa shape index (κ3) is 2.28. The van der Waals surface area contributed by atoms with E-state index < -0.39 is 0 Å². The van der Waals surface area contributed by atoms with Crippen LogP contribution in [0.15, 0.2) is 29.3 Å². The molecule has 1 saturated heterocycles. The number of nitrogens with zero attached hydrogens (tertiary/aromatic N) is 1. The Kier molecular flexibility index (Phi) is 3.33. The molecule has 3 atom stereocenters. The molecule has 1 aromatic rings. The van der Waals surface area contributed by atoms with Crippen molar-refractivity contribution in [3.63, 3.8) is 0 Å². The molecule has 18 heavy (non-hydrogen) atoms. The topological polar surface area (TPSA) is 24.4 Å². The molecule has 1 aliphatic heterocycles. The first kappa shape index (κ1) is 12.1. The summed E-state index contributed by atoms with van der Waals surface area (Å²) in [6.45, 7) is 5.48. The number of hydrogen-bond donors (Lipinski definition) is 1. The second-order valence-corrected chi connectivity index (χ2v) is 6.48. The summed E-state index contributed by atoms with van der Waals surface area (Å²) in [5.74, 6) is 2.57. The standard InChI is InChI=1S/C15H20N2S/c1-10-9-18-15(17-11(10)2)16-8-13-7-12-5-3-4-6-14(12)13/h3-6,10-11,13H,7-9H2,1-2H3,(H,16,17). The van der Waals surface area contributed by atoms with Crippen molar-refractivity contribution in [2.45, 2.75) is 32.2 Å². The summed E-state index contributed by atoms with van der Waals surface area (Å²) in [5, 5.41) is 4.65. The van der Waals surface area contributed by atoms with Gasteiger partial charge in [-0.2, -0.15) is 0 Å². The number of thioether (sulfide) groups is 1. The lowest BCUT2D eigenvalue weighted by molar-refractivity contribution is 0.489. The van der Waals surface area contributed by atoms with Gasteiger partial charge in [-0.1, -0.05) is 43.0 Å². The molecule has 2 nitrogen and oxygen atoms in total. The Morgan fingerprint density at radius 3 is 2.94 bits per heavy atom. The zero-order valence-electron chi connectivity index (χ0n) is 11.0. The first-order chi connectivity index (χ1) is 8.74. The van der Waals surface area contributed by atoms with Crippen LogP contribution in [-0.2, 0) is 6.42 Å². The molecule has 1 N–H and O–H groups in total. The lowest BCUT2D eigenvalue weighted by Gasteiger charge is -2.31. The third-order valence-electron chi connectivity index (χ3n) is 4.10. The number of hydrogen-bond acceptors (Lipinski definition) is 2. The highest BCUT2D eigenvalue weighted by Gasteiger charge is 2.26. The lowest BCUT2D eigenvalue weighted by Crippen LogP contribution is -2.41. The van der Waals surface area contributed by atoms with E-state index in [-0.39, 0.29) is 0 Å². The number of nitrogens with one attached hydrogen (secondary N) is 1. The molecule has 3 unspecified atom stereocenters. The van der Waals surface area contributed by atoms with Gasteiger partial charge in [0.2, 0.25) is 0 Å². The quantitative estimate of drug-likeness (QED) is 0.884. The molecule has 0 radical (unpaired) electrons. The Bertz CT molecular complexity index is 469. The van der Waals surface area contributed by atoms with E-state index in [0.29, 0.717) is 12.0 Å². The number of rotatable bonds is 2. The monoisotopic (exact) mass is 260 g/mol. The van der Waals surface area contributed by atoms with Crippen molar-refractivity contribution in [2.24, 2.45) is 10.9 Å². The number of benzene rings is 1. The van der Waals surface area contributed by atoms with E-state index in [2.05, 4.69) is 43.4 Å². The van der Waals surface area contributed by atoms with Gasteiger partial charge in [0.15, 0.2) is 5.17 Å². The molecular weight excluding hydrogens is 240 g/mol. The van der Waals surface area contributed by atoms with Crippen molar-refractivity contribution in [2.75, 3.05) is 12.3 Å².